The Balaban J connectivity index is 1.29. The van der Waals surface area contributed by atoms with E-state index in [4.69, 9.17) is 10.5 Å². The zero-order valence-corrected chi connectivity index (χ0v) is 15.3. The molecule has 1 saturated heterocycles. The van der Waals surface area contributed by atoms with Crippen molar-refractivity contribution in [3.8, 4) is 0 Å². The highest BCUT2D eigenvalue weighted by molar-refractivity contribution is 5.81. The van der Waals surface area contributed by atoms with Gasteiger partial charge in [0, 0.05) is 6.54 Å². The molecular weight excluding hydrogens is 376 g/mol. The summed E-state index contributed by atoms with van der Waals surface area (Å²) in [5.74, 6) is 0.243. The second-order valence-corrected chi connectivity index (χ2v) is 6.94. The minimum atomic E-state index is -1.13. The standard InChI is InChI=1S/C18H20N8O3/c19-16-13-17(22-6-21-16)26(9-24-13)18-15(28)14(27)12(29-18)5-20-7-25-8-23-10-3-1-2-4-11(10)25/h1-4,6,8-9,12,14-15,18,20,27-28H,5,7H2,(H2,19,21,22). The van der Waals surface area contributed by atoms with E-state index in [1.807, 2.05) is 28.8 Å². The van der Waals surface area contributed by atoms with E-state index in [0.29, 0.717) is 24.4 Å². The van der Waals surface area contributed by atoms with Crippen molar-refractivity contribution in [2.75, 3.05) is 12.3 Å². The molecule has 0 aliphatic carbocycles. The van der Waals surface area contributed by atoms with Crippen molar-refractivity contribution in [2.24, 2.45) is 0 Å². The normalized spacial score (nSPS) is 24.6. The average Bonchev–Trinajstić information content (AvgIpc) is 3.41. The van der Waals surface area contributed by atoms with Crippen molar-refractivity contribution in [3.63, 3.8) is 0 Å². The number of fused-ring (bicyclic) bond motifs is 2. The first-order valence-electron chi connectivity index (χ1n) is 9.18. The predicted octanol–water partition coefficient (Wildman–Crippen LogP) is -0.375. The van der Waals surface area contributed by atoms with Gasteiger partial charge in [0.05, 0.1) is 30.4 Å². The summed E-state index contributed by atoms with van der Waals surface area (Å²) in [5.41, 5.74) is 8.59. The Kier molecular flexibility index (Phi) is 4.36. The van der Waals surface area contributed by atoms with Crippen LogP contribution in [0, 0.1) is 0 Å². The molecule has 4 heterocycles. The second kappa shape index (κ2) is 7.04. The Morgan fingerprint density at radius 3 is 2.83 bits per heavy atom. The molecule has 1 aliphatic rings. The van der Waals surface area contributed by atoms with E-state index < -0.39 is 24.5 Å². The molecule has 5 rings (SSSR count). The lowest BCUT2D eigenvalue weighted by atomic mass is 10.1. The number of ether oxygens (including phenoxy) is 1. The largest absolute Gasteiger partial charge is 0.387 e. The fourth-order valence-corrected chi connectivity index (χ4v) is 3.65. The maximum Gasteiger partial charge on any atom is 0.167 e. The summed E-state index contributed by atoms with van der Waals surface area (Å²) >= 11 is 0. The van der Waals surface area contributed by atoms with Gasteiger partial charge in [-0.25, -0.2) is 19.9 Å². The molecule has 4 unspecified atom stereocenters. The summed E-state index contributed by atoms with van der Waals surface area (Å²) in [4.78, 5) is 16.6. The van der Waals surface area contributed by atoms with Crippen molar-refractivity contribution >= 4 is 28.0 Å². The van der Waals surface area contributed by atoms with Gasteiger partial charge < -0.3 is 25.3 Å². The van der Waals surface area contributed by atoms with Crippen molar-refractivity contribution < 1.29 is 14.9 Å². The van der Waals surface area contributed by atoms with Crippen LogP contribution in [-0.2, 0) is 11.4 Å². The monoisotopic (exact) mass is 396 g/mol. The zero-order valence-electron chi connectivity index (χ0n) is 15.3. The summed E-state index contributed by atoms with van der Waals surface area (Å²) in [6, 6.07) is 7.83. The van der Waals surface area contributed by atoms with Gasteiger partial charge in [-0.05, 0) is 12.1 Å². The minimum absolute atomic E-state index is 0.243. The minimum Gasteiger partial charge on any atom is -0.387 e. The van der Waals surface area contributed by atoms with Gasteiger partial charge >= 0.3 is 0 Å². The average molecular weight is 396 g/mol. The van der Waals surface area contributed by atoms with Crippen LogP contribution in [0.25, 0.3) is 22.2 Å². The number of benzene rings is 1. The molecule has 0 bridgehead atoms. The van der Waals surface area contributed by atoms with Crippen molar-refractivity contribution in [1.29, 1.82) is 0 Å². The molecule has 11 nitrogen and oxygen atoms in total. The van der Waals surface area contributed by atoms with E-state index in [1.165, 1.54) is 12.7 Å². The molecule has 4 aromatic rings. The highest BCUT2D eigenvalue weighted by atomic mass is 16.6. The third-order valence-corrected chi connectivity index (χ3v) is 5.15. The second-order valence-electron chi connectivity index (χ2n) is 6.94. The molecule has 4 atom stereocenters. The number of aliphatic hydroxyl groups is 2. The summed E-state index contributed by atoms with van der Waals surface area (Å²) < 4.78 is 9.45. The third kappa shape index (κ3) is 3.00. The highest BCUT2D eigenvalue weighted by Crippen LogP contribution is 2.31. The first kappa shape index (κ1) is 17.9. The van der Waals surface area contributed by atoms with Gasteiger partial charge in [0.25, 0.3) is 0 Å². The Morgan fingerprint density at radius 1 is 1.07 bits per heavy atom. The number of aliphatic hydroxyl groups excluding tert-OH is 2. The SMILES string of the molecule is Nc1ncnc2c1ncn2C1OC(CNCn2cnc3ccccc32)C(O)C1O. The Bertz CT molecular complexity index is 1160. The topological polar surface area (TPSA) is 149 Å². The van der Waals surface area contributed by atoms with E-state index in [2.05, 4.69) is 25.3 Å². The molecule has 0 radical (unpaired) electrons. The number of anilines is 1. The van der Waals surface area contributed by atoms with E-state index in [9.17, 15) is 10.2 Å². The smallest absolute Gasteiger partial charge is 0.167 e. The molecule has 0 spiro atoms. The van der Waals surface area contributed by atoms with Gasteiger partial charge in [0.2, 0.25) is 0 Å². The summed E-state index contributed by atoms with van der Waals surface area (Å²) in [7, 11) is 0. The van der Waals surface area contributed by atoms with Crippen LogP contribution in [0.1, 0.15) is 6.23 Å². The van der Waals surface area contributed by atoms with E-state index in [-0.39, 0.29) is 5.82 Å². The fraction of sp³-hybridized carbons (Fsp3) is 0.333. The first-order valence-corrected chi connectivity index (χ1v) is 9.18. The van der Waals surface area contributed by atoms with Crippen molar-refractivity contribution in [3.05, 3.63) is 43.2 Å². The number of aromatic nitrogens is 6. The molecule has 3 aromatic heterocycles. The maximum atomic E-state index is 10.5. The first-order chi connectivity index (χ1) is 14.1. The summed E-state index contributed by atoms with van der Waals surface area (Å²) in [5, 5.41) is 24.2. The van der Waals surface area contributed by atoms with E-state index in [1.54, 1.807) is 10.9 Å². The van der Waals surface area contributed by atoms with Gasteiger partial charge in [-0.1, -0.05) is 12.1 Å². The van der Waals surface area contributed by atoms with Crippen LogP contribution in [0.5, 0.6) is 0 Å². The van der Waals surface area contributed by atoms with E-state index in [0.717, 1.165) is 11.0 Å². The number of hydrogen-bond acceptors (Lipinski definition) is 9. The van der Waals surface area contributed by atoms with Gasteiger partial charge in [-0.15, -0.1) is 0 Å². The summed E-state index contributed by atoms with van der Waals surface area (Å²) in [6.07, 6.45) is 0.911. The van der Waals surface area contributed by atoms with Crippen LogP contribution >= 0.6 is 0 Å². The van der Waals surface area contributed by atoms with Gasteiger partial charge in [0.15, 0.2) is 17.7 Å². The predicted molar refractivity (Wildman–Crippen MR) is 103 cm³/mol. The number of imidazole rings is 2. The molecule has 1 aromatic carbocycles. The molecule has 150 valence electrons. The van der Waals surface area contributed by atoms with Gasteiger partial charge in [0.1, 0.15) is 30.2 Å². The number of nitrogen functional groups attached to an aromatic ring is 1. The van der Waals surface area contributed by atoms with Crippen molar-refractivity contribution in [2.45, 2.75) is 31.2 Å². The number of nitrogens with one attached hydrogen (secondary N) is 1. The summed E-state index contributed by atoms with van der Waals surface area (Å²) in [6.45, 7) is 0.830. The molecular formula is C18H20N8O3. The van der Waals surface area contributed by atoms with Gasteiger partial charge in [-0.3, -0.25) is 9.88 Å². The zero-order chi connectivity index (χ0) is 20.0. The van der Waals surface area contributed by atoms with Crippen LogP contribution in [0.3, 0.4) is 0 Å². The number of hydrogen-bond donors (Lipinski definition) is 4. The maximum absolute atomic E-state index is 10.5. The molecule has 11 heteroatoms. The van der Waals surface area contributed by atoms with Crippen LogP contribution in [0.2, 0.25) is 0 Å². The number of nitrogens with two attached hydrogens (primary N) is 1. The molecule has 0 saturated carbocycles. The van der Waals surface area contributed by atoms with Crippen LogP contribution < -0.4 is 11.1 Å². The van der Waals surface area contributed by atoms with Gasteiger partial charge in [-0.2, -0.15) is 0 Å². The Hall–Kier alpha value is -3.12. The number of rotatable bonds is 5. The lowest BCUT2D eigenvalue weighted by Crippen LogP contribution is -2.38. The molecule has 5 N–H and O–H groups in total. The highest BCUT2D eigenvalue weighted by Gasteiger charge is 2.44. The number of nitrogens with zero attached hydrogens (tertiary/aromatic N) is 6. The number of para-hydroxylation sites is 2. The molecule has 1 aliphatic heterocycles. The molecule has 29 heavy (non-hydrogen) atoms. The van der Waals surface area contributed by atoms with Crippen LogP contribution in [0.15, 0.2) is 43.2 Å². The third-order valence-electron chi connectivity index (χ3n) is 5.15. The Morgan fingerprint density at radius 2 is 1.93 bits per heavy atom. The van der Waals surface area contributed by atoms with Crippen LogP contribution in [-0.4, -0.2) is 64.1 Å². The Labute approximate surface area is 164 Å². The van der Waals surface area contributed by atoms with Crippen molar-refractivity contribution in [1.82, 2.24) is 34.4 Å². The quantitative estimate of drug-likeness (QED) is 0.354. The molecule has 1 fully saturated rings. The lowest BCUT2D eigenvalue weighted by Gasteiger charge is -2.16. The fourth-order valence-electron chi connectivity index (χ4n) is 3.65. The van der Waals surface area contributed by atoms with Crippen LogP contribution in [0.4, 0.5) is 5.82 Å². The lowest BCUT2D eigenvalue weighted by molar-refractivity contribution is -0.0345. The molecule has 0 amide bonds. The van der Waals surface area contributed by atoms with E-state index >= 15 is 0 Å².